The zero-order valence-corrected chi connectivity index (χ0v) is 11.4. The molecule has 0 unspecified atom stereocenters. The lowest BCUT2D eigenvalue weighted by Gasteiger charge is -2.33. The van der Waals surface area contributed by atoms with Gasteiger partial charge in [0.05, 0.1) is 6.07 Å². The molecule has 2 aliphatic carbocycles. The van der Waals surface area contributed by atoms with Gasteiger partial charge in [-0.3, -0.25) is 4.79 Å². The monoisotopic (exact) mass is 248 g/mol. The molecule has 0 saturated heterocycles. The minimum Gasteiger partial charge on any atom is -0.326 e. The Bertz CT molecular complexity index is 320. The SMILES string of the molecule is CC1CCC(C(=O)N(CC#N)C2CCCC2)CC1. The first kappa shape index (κ1) is 13.4. The molecule has 100 valence electrons. The highest BCUT2D eigenvalue weighted by atomic mass is 16.2. The molecule has 0 heterocycles. The van der Waals surface area contributed by atoms with Gasteiger partial charge in [-0.25, -0.2) is 0 Å². The van der Waals surface area contributed by atoms with Crippen LogP contribution in [0, 0.1) is 23.2 Å². The summed E-state index contributed by atoms with van der Waals surface area (Å²) < 4.78 is 0. The van der Waals surface area contributed by atoms with E-state index in [-0.39, 0.29) is 18.4 Å². The molecular formula is C15H24N2O. The lowest BCUT2D eigenvalue weighted by Crippen LogP contribution is -2.43. The van der Waals surface area contributed by atoms with E-state index >= 15 is 0 Å². The normalized spacial score (nSPS) is 28.9. The molecule has 3 nitrogen and oxygen atoms in total. The van der Waals surface area contributed by atoms with Crippen LogP contribution in [0.3, 0.4) is 0 Å². The second kappa shape index (κ2) is 6.22. The van der Waals surface area contributed by atoms with Gasteiger partial charge in [0, 0.05) is 12.0 Å². The summed E-state index contributed by atoms with van der Waals surface area (Å²) in [5, 5.41) is 8.94. The van der Waals surface area contributed by atoms with E-state index in [4.69, 9.17) is 5.26 Å². The molecule has 2 rings (SSSR count). The van der Waals surface area contributed by atoms with E-state index < -0.39 is 0 Å². The Morgan fingerprint density at radius 1 is 1.17 bits per heavy atom. The van der Waals surface area contributed by atoms with Crippen molar-refractivity contribution in [2.24, 2.45) is 11.8 Å². The summed E-state index contributed by atoms with van der Waals surface area (Å²) in [6.07, 6.45) is 8.99. The van der Waals surface area contributed by atoms with Crippen LogP contribution in [-0.4, -0.2) is 23.4 Å². The smallest absolute Gasteiger partial charge is 0.226 e. The van der Waals surface area contributed by atoms with Gasteiger partial charge in [0.2, 0.25) is 5.91 Å². The molecule has 0 aromatic heterocycles. The van der Waals surface area contributed by atoms with Crippen LogP contribution < -0.4 is 0 Å². The largest absolute Gasteiger partial charge is 0.326 e. The first-order chi connectivity index (χ1) is 8.72. The number of hydrogen-bond acceptors (Lipinski definition) is 2. The maximum absolute atomic E-state index is 12.6. The second-order valence-corrected chi connectivity index (χ2v) is 6.02. The number of carbonyl (C=O) groups excluding carboxylic acids is 1. The van der Waals surface area contributed by atoms with Crippen molar-refractivity contribution >= 4 is 5.91 Å². The summed E-state index contributed by atoms with van der Waals surface area (Å²) >= 11 is 0. The summed E-state index contributed by atoms with van der Waals surface area (Å²) in [6, 6.07) is 2.52. The molecular weight excluding hydrogens is 224 g/mol. The van der Waals surface area contributed by atoms with E-state index in [9.17, 15) is 4.79 Å². The fourth-order valence-electron chi connectivity index (χ4n) is 3.42. The van der Waals surface area contributed by atoms with E-state index in [1.807, 2.05) is 4.90 Å². The van der Waals surface area contributed by atoms with E-state index in [0.717, 1.165) is 31.6 Å². The average molecular weight is 248 g/mol. The molecule has 2 fully saturated rings. The van der Waals surface area contributed by atoms with Gasteiger partial charge in [0.15, 0.2) is 0 Å². The summed E-state index contributed by atoms with van der Waals surface area (Å²) in [5.74, 6) is 1.22. The van der Waals surface area contributed by atoms with E-state index in [1.165, 1.54) is 25.7 Å². The van der Waals surface area contributed by atoms with Crippen LogP contribution in [0.2, 0.25) is 0 Å². The van der Waals surface area contributed by atoms with Crippen molar-refractivity contribution in [1.29, 1.82) is 5.26 Å². The van der Waals surface area contributed by atoms with Gasteiger partial charge >= 0.3 is 0 Å². The predicted molar refractivity (Wildman–Crippen MR) is 70.7 cm³/mol. The number of nitriles is 1. The fourth-order valence-corrected chi connectivity index (χ4v) is 3.42. The van der Waals surface area contributed by atoms with Crippen molar-refractivity contribution in [3.05, 3.63) is 0 Å². The van der Waals surface area contributed by atoms with Crippen LogP contribution in [0.5, 0.6) is 0 Å². The second-order valence-electron chi connectivity index (χ2n) is 6.02. The van der Waals surface area contributed by atoms with Gasteiger partial charge in [0.1, 0.15) is 6.54 Å². The third kappa shape index (κ3) is 3.04. The molecule has 3 heteroatoms. The molecule has 0 atom stereocenters. The van der Waals surface area contributed by atoms with Crippen LogP contribution >= 0.6 is 0 Å². The maximum Gasteiger partial charge on any atom is 0.226 e. The topological polar surface area (TPSA) is 44.1 Å². The van der Waals surface area contributed by atoms with Crippen molar-refractivity contribution in [3.63, 3.8) is 0 Å². The number of nitrogens with zero attached hydrogens (tertiary/aromatic N) is 2. The van der Waals surface area contributed by atoms with Gasteiger partial charge in [-0.2, -0.15) is 5.26 Å². The molecule has 0 N–H and O–H groups in total. The van der Waals surface area contributed by atoms with Crippen LogP contribution in [0.25, 0.3) is 0 Å². The van der Waals surface area contributed by atoms with Crippen molar-refractivity contribution in [3.8, 4) is 6.07 Å². The quantitative estimate of drug-likeness (QED) is 0.720. The highest BCUT2D eigenvalue weighted by Gasteiger charge is 2.32. The lowest BCUT2D eigenvalue weighted by molar-refractivity contribution is -0.138. The molecule has 0 aromatic rings. The average Bonchev–Trinajstić information content (AvgIpc) is 2.90. The van der Waals surface area contributed by atoms with Crippen LogP contribution in [0.1, 0.15) is 58.3 Å². The fraction of sp³-hybridized carbons (Fsp3) is 0.867. The Labute approximate surface area is 110 Å². The van der Waals surface area contributed by atoms with Crippen LogP contribution in [0.4, 0.5) is 0 Å². The molecule has 0 bridgehead atoms. The van der Waals surface area contributed by atoms with Gasteiger partial charge < -0.3 is 4.90 Å². The van der Waals surface area contributed by atoms with Gasteiger partial charge in [0.25, 0.3) is 0 Å². The maximum atomic E-state index is 12.6. The summed E-state index contributed by atoms with van der Waals surface area (Å²) in [7, 11) is 0. The lowest BCUT2D eigenvalue weighted by atomic mass is 9.82. The number of rotatable bonds is 3. The van der Waals surface area contributed by atoms with Crippen molar-refractivity contribution in [2.75, 3.05) is 6.54 Å². The number of carbonyl (C=O) groups is 1. The minimum absolute atomic E-state index is 0.190. The first-order valence-corrected chi connectivity index (χ1v) is 7.39. The van der Waals surface area contributed by atoms with Crippen molar-refractivity contribution < 1.29 is 4.79 Å². The van der Waals surface area contributed by atoms with Gasteiger partial charge in [-0.1, -0.05) is 19.8 Å². The predicted octanol–water partition coefficient (Wildman–Crippen LogP) is 3.11. The molecule has 0 radical (unpaired) electrons. The molecule has 2 saturated carbocycles. The molecule has 1 amide bonds. The Morgan fingerprint density at radius 3 is 2.33 bits per heavy atom. The molecule has 0 aromatic carbocycles. The standard InChI is InChI=1S/C15H24N2O/c1-12-6-8-13(9-7-12)15(18)17(11-10-16)14-4-2-3-5-14/h12-14H,2-9,11H2,1H3. The Morgan fingerprint density at radius 2 is 1.78 bits per heavy atom. The third-order valence-corrected chi connectivity index (χ3v) is 4.65. The van der Waals surface area contributed by atoms with Crippen molar-refractivity contribution in [1.82, 2.24) is 4.90 Å². The molecule has 2 aliphatic rings. The highest BCUT2D eigenvalue weighted by Crippen LogP contribution is 2.32. The Hall–Kier alpha value is -1.04. The minimum atomic E-state index is 0.190. The Kier molecular flexibility index (Phi) is 4.63. The zero-order chi connectivity index (χ0) is 13.0. The Balaban J connectivity index is 1.97. The van der Waals surface area contributed by atoms with Crippen molar-refractivity contribution in [2.45, 2.75) is 64.3 Å². The van der Waals surface area contributed by atoms with E-state index in [2.05, 4.69) is 13.0 Å². The number of hydrogen-bond donors (Lipinski definition) is 0. The molecule has 18 heavy (non-hydrogen) atoms. The number of amides is 1. The summed E-state index contributed by atoms with van der Waals surface area (Å²) in [4.78, 5) is 14.4. The summed E-state index contributed by atoms with van der Waals surface area (Å²) in [5.41, 5.74) is 0. The molecule has 0 spiro atoms. The summed E-state index contributed by atoms with van der Waals surface area (Å²) in [6.45, 7) is 2.56. The van der Waals surface area contributed by atoms with Gasteiger partial charge in [-0.05, 0) is 44.4 Å². The molecule has 0 aliphatic heterocycles. The van der Waals surface area contributed by atoms with Gasteiger partial charge in [-0.15, -0.1) is 0 Å². The first-order valence-electron chi connectivity index (χ1n) is 7.39. The van der Waals surface area contributed by atoms with Crippen LogP contribution in [0.15, 0.2) is 0 Å². The van der Waals surface area contributed by atoms with Crippen LogP contribution in [-0.2, 0) is 4.79 Å². The van der Waals surface area contributed by atoms with E-state index in [1.54, 1.807) is 0 Å². The zero-order valence-electron chi connectivity index (χ0n) is 11.4. The highest BCUT2D eigenvalue weighted by molar-refractivity contribution is 5.79. The van der Waals surface area contributed by atoms with E-state index in [0.29, 0.717) is 6.04 Å². The third-order valence-electron chi connectivity index (χ3n) is 4.65.